The summed E-state index contributed by atoms with van der Waals surface area (Å²) in [5, 5.41) is 2.11. The van der Waals surface area contributed by atoms with Gasteiger partial charge in [-0.25, -0.2) is 0 Å². The molecule has 0 aliphatic heterocycles. The van der Waals surface area contributed by atoms with E-state index in [2.05, 4.69) is 27.0 Å². The first-order chi connectivity index (χ1) is 9.04. The summed E-state index contributed by atoms with van der Waals surface area (Å²) < 4.78 is 5.08. The fraction of sp³-hybridized carbons (Fsp3) is 0.333. The summed E-state index contributed by atoms with van der Waals surface area (Å²) >= 11 is 3.44. The molecule has 100 valence electrons. The van der Waals surface area contributed by atoms with E-state index in [4.69, 9.17) is 4.74 Å². The molecule has 1 aromatic carbocycles. The number of aryl methyl sites for hydroxylation is 2. The highest BCUT2D eigenvalue weighted by Gasteiger charge is 2.21. The maximum Gasteiger partial charge on any atom is 0.324 e. The largest absolute Gasteiger partial charge is 0.465 e. The number of fused-ring (bicyclic) bond motifs is 1. The molecule has 0 saturated heterocycles. The Morgan fingerprint density at radius 3 is 2.79 bits per heavy atom. The SMILES string of the molecule is CCOC(=O)C(Br)c1cc(C)cc2c(C)nccc12. The quantitative estimate of drug-likeness (QED) is 0.636. The van der Waals surface area contributed by atoms with Gasteiger partial charge in [-0.1, -0.05) is 27.6 Å². The second kappa shape index (κ2) is 5.70. The summed E-state index contributed by atoms with van der Waals surface area (Å²) in [7, 11) is 0. The van der Waals surface area contributed by atoms with Crippen molar-refractivity contribution in [3.8, 4) is 0 Å². The van der Waals surface area contributed by atoms with Crippen LogP contribution in [0.3, 0.4) is 0 Å². The standard InChI is InChI=1S/C15H16BrNO2/c1-4-19-15(18)14(16)13-8-9(2)7-12-10(3)17-6-5-11(12)13/h5-8,14H,4H2,1-3H3. The van der Waals surface area contributed by atoms with Crippen molar-refractivity contribution in [3.63, 3.8) is 0 Å². The molecule has 3 nitrogen and oxygen atoms in total. The van der Waals surface area contributed by atoms with Gasteiger partial charge in [-0.15, -0.1) is 0 Å². The molecule has 19 heavy (non-hydrogen) atoms. The number of halogens is 1. The molecular weight excluding hydrogens is 306 g/mol. The van der Waals surface area contributed by atoms with Crippen LogP contribution in [0, 0.1) is 13.8 Å². The van der Waals surface area contributed by atoms with Crippen LogP contribution in [0.5, 0.6) is 0 Å². The lowest BCUT2D eigenvalue weighted by Crippen LogP contribution is -2.11. The number of pyridine rings is 1. The van der Waals surface area contributed by atoms with Crippen molar-refractivity contribution in [2.45, 2.75) is 25.6 Å². The van der Waals surface area contributed by atoms with E-state index in [1.54, 1.807) is 13.1 Å². The van der Waals surface area contributed by atoms with Crippen LogP contribution < -0.4 is 0 Å². The van der Waals surface area contributed by atoms with Crippen molar-refractivity contribution in [2.24, 2.45) is 0 Å². The van der Waals surface area contributed by atoms with Crippen molar-refractivity contribution in [1.29, 1.82) is 0 Å². The zero-order valence-electron chi connectivity index (χ0n) is 11.2. The number of rotatable bonds is 3. The van der Waals surface area contributed by atoms with Gasteiger partial charge in [0.15, 0.2) is 0 Å². The number of ether oxygens (including phenoxy) is 1. The summed E-state index contributed by atoms with van der Waals surface area (Å²) in [6.07, 6.45) is 1.77. The number of carbonyl (C=O) groups is 1. The highest BCUT2D eigenvalue weighted by atomic mass is 79.9. The first kappa shape index (κ1) is 14.0. The van der Waals surface area contributed by atoms with Gasteiger partial charge in [-0.05, 0) is 43.9 Å². The van der Waals surface area contributed by atoms with Crippen LogP contribution in [0.2, 0.25) is 0 Å². The zero-order chi connectivity index (χ0) is 14.0. The van der Waals surface area contributed by atoms with Crippen LogP contribution in [-0.2, 0) is 9.53 Å². The van der Waals surface area contributed by atoms with Gasteiger partial charge in [0.25, 0.3) is 0 Å². The van der Waals surface area contributed by atoms with E-state index in [0.717, 1.165) is 27.6 Å². The number of hydrogen-bond donors (Lipinski definition) is 0. The third kappa shape index (κ3) is 2.78. The van der Waals surface area contributed by atoms with Gasteiger partial charge in [0.05, 0.1) is 6.61 Å². The molecule has 2 rings (SSSR count). The third-order valence-corrected chi connectivity index (χ3v) is 3.89. The minimum Gasteiger partial charge on any atom is -0.465 e. The summed E-state index contributed by atoms with van der Waals surface area (Å²) in [6, 6.07) is 6.04. The van der Waals surface area contributed by atoms with Crippen LogP contribution in [0.1, 0.15) is 28.6 Å². The number of nitrogens with zero attached hydrogens (tertiary/aromatic N) is 1. The molecule has 1 heterocycles. The van der Waals surface area contributed by atoms with Crippen molar-refractivity contribution in [2.75, 3.05) is 6.61 Å². The predicted octanol–water partition coefficient (Wildman–Crippen LogP) is 3.85. The van der Waals surface area contributed by atoms with Crippen molar-refractivity contribution in [3.05, 3.63) is 41.2 Å². The molecule has 0 N–H and O–H groups in total. The molecule has 0 saturated carbocycles. The Bertz CT molecular complexity index is 625. The maximum atomic E-state index is 11.9. The monoisotopic (exact) mass is 321 g/mol. The van der Waals surface area contributed by atoms with Gasteiger partial charge >= 0.3 is 5.97 Å². The number of alkyl halides is 1. The summed E-state index contributed by atoms with van der Waals surface area (Å²) in [5.41, 5.74) is 3.00. The minimum absolute atomic E-state index is 0.260. The van der Waals surface area contributed by atoms with E-state index >= 15 is 0 Å². The van der Waals surface area contributed by atoms with Crippen LogP contribution in [-0.4, -0.2) is 17.6 Å². The number of aromatic nitrogens is 1. The first-order valence-corrected chi connectivity index (χ1v) is 7.12. The Labute approximate surface area is 121 Å². The predicted molar refractivity (Wildman–Crippen MR) is 79.5 cm³/mol. The van der Waals surface area contributed by atoms with Crippen LogP contribution in [0.15, 0.2) is 24.4 Å². The Morgan fingerprint density at radius 2 is 2.11 bits per heavy atom. The molecule has 1 aromatic heterocycles. The molecule has 0 aliphatic carbocycles. The van der Waals surface area contributed by atoms with Crippen LogP contribution in [0.25, 0.3) is 10.8 Å². The van der Waals surface area contributed by atoms with Gasteiger partial charge < -0.3 is 4.74 Å². The Kier molecular flexibility index (Phi) is 4.20. The first-order valence-electron chi connectivity index (χ1n) is 6.21. The summed E-state index contributed by atoms with van der Waals surface area (Å²) in [5.74, 6) is -0.260. The van der Waals surface area contributed by atoms with Gasteiger partial charge in [-0.2, -0.15) is 0 Å². The van der Waals surface area contributed by atoms with Crippen LogP contribution >= 0.6 is 15.9 Å². The highest BCUT2D eigenvalue weighted by Crippen LogP contribution is 2.32. The van der Waals surface area contributed by atoms with Gasteiger partial charge in [0.2, 0.25) is 0 Å². The summed E-state index contributed by atoms with van der Waals surface area (Å²) in [4.78, 5) is 15.7. The molecule has 0 spiro atoms. The zero-order valence-corrected chi connectivity index (χ0v) is 12.8. The van der Waals surface area contributed by atoms with Gasteiger partial charge in [0.1, 0.15) is 4.83 Å². The van der Waals surface area contributed by atoms with E-state index in [1.165, 1.54) is 0 Å². The van der Waals surface area contributed by atoms with E-state index < -0.39 is 4.83 Å². The maximum absolute atomic E-state index is 11.9. The molecule has 0 amide bonds. The smallest absolute Gasteiger partial charge is 0.324 e. The molecule has 4 heteroatoms. The van der Waals surface area contributed by atoms with Crippen molar-refractivity contribution >= 4 is 32.7 Å². The summed E-state index contributed by atoms with van der Waals surface area (Å²) in [6.45, 7) is 6.17. The van der Waals surface area contributed by atoms with E-state index in [9.17, 15) is 4.79 Å². The molecule has 2 aromatic rings. The van der Waals surface area contributed by atoms with Gasteiger partial charge in [-0.3, -0.25) is 9.78 Å². The van der Waals surface area contributed by atoms with Gasteiger partial charge in [0, 0.05) is 17.3 Å². The topological polar surface area (TPSA) is 39.2 Å². The van der Waals surface area contributed by atoms with E-state index in [0.29, 0.717) is 6.61 Å². The Balaban J connectivity index is 2.59. The number of benzene rings is 1. The molecule has 1 unspecified atom stereocenters. The average molecular weight is 322 g/mol. The lowest BCUT2D eigenvalue weighted by atomic mass is 9.99. The minimum atomic E-state index is -0.448. The molecule has 0 bridgehead atoms. The second-order valence-corrected chi connectivity index (χ2v) is 5.38. The number of esters is 1. The Morgan fingerprint density at radius 1 is 1.37 bits per heavy atom. The van der Waals surface area contributed by atoms with Crippen LogP contribution in [0.4, 0.5) is 0 Å². The van der Waals surface area contributed by atoms with E-state index in [1.807, 2.05) is 26.0 Å². The fourth-order valence-electron chi connectivity index (χ4n) is 2.16. The third-order valence-electron chi connectivity index (χ3n) is 3.02. The highest BCUT2D eigenvalue weighted by molar-refractivity contribution is 9.09. The molecule has 0 fully saturated rings. The van der Waals surface area contributed by atoms with E-state index in [-0.39, 0.29) is 5.97 Å². The second-order valence-electron chi connectivity index (χ2n) is 4.46. The lowest BCUT2D eigenvalue weighted by Gasteiger charge is -2.14. The normalized spacial score (nSPS) is 12.4. The number of carbonyl (C=O) groups excluding carboxylic acids is 1. The molecule has 0 radical (unpaired) electrons. The Hall–Kier alpha value is -1.42. The molecular formula is C15H16BrNO2. The van der Waals surface area contributed by atoms with Crippen molar-refractivity contribution in [1.82, 2.24) is 4.98 Å². The average Bonchev–Trinajstić information content (AvgIpc) is 2.38. The van der Waals surface area contributed by atoms with Crippen molar-refractivity contribution < 1.29 is 9.53 Å². The fourth-order valence-corrected chi connectivity index (χ4v) is 2.67. The lowest BCUT2D eigenvalue weighted by molar-refractivity contribution is -0.142. The number of hydrogen-bond acceptors (Lipinski definition) is 3. The molecule has 1 atom stereocenters. The molecule has 0 aliphatic rings.